The average Bonchev–Trinajstić information content (AvgIpc) is 2.63. The number of aromatic carboxylic acids is 1. The van der Waals surface area contributed by atoms with Crippen LogP contribution in [-0.2, 0) is 0 Å². The van der Waals surface area contributed by atoms with E-state index in [9.17, 15) is 9.90 Å². The second-order valence-electron chi connectivity index (χ2n) is 5.50. The highest BCUT2D eigenvalue weighted by Crippen LogP contribution is 2.34. The number of aryl methyl sites for hydroxylation is 1. The van der Waals surface area contributed by atoms with Crippen LogP contribution in [-0.4, -0.2) is 30.3 Å². The standard InChI is InChI=1S/C19H16ClNO4/c1-10-14(20)6-5-12-13(19(22)23)9-15(21-18(10)12)11-4-7-16(24-2)17(8-11)25-3/h4-9H,1-3H3,(H,22,23). The fourth-order valence-electron chi connectivity index (χ4n) is 2.72. The Kier molecular flexibility index (Phi) is 4.51. The van der Waals surface area contributed by atoms with Crippen LogP contribution in [0.15, 0.2) is 36.4 Å². The summed E-state index contributed by atoms with van der Waals surface area (Å²) in [7, 11) is 3.10. The average molecular weight is 358 g/mol. The molecule has 0 atom stereocenters. The molecule has 3 aromatic rings. The zero-order chi connectivity index (χ0) is 18.1. The quantitative estimate of drug-likeness (QED) is 0.740. The van der Waals surface area contributed by atoms with Crippen molar-refractivity contribution in [3.05, 3.63) is 52.5 Å². The van der Waals surface area contributed by atoms with E-state index < -0.39 is 5.97 Å². The van der Waals surface area contributed by atoms with Gasteiger partial charge in [-0.25, -0.2) is 9.78 Å². The summed E-state index contributed by atoms with van der Waals surface area (Å²) in [5, 5.41) is 10.7. The van der Waals surface area contributed by atoms with Crippen molar-refractivity contribution in [2.45, 2.75) is 6.92 Å². The third kappa shape index (κ3) is 2.98. The van der Waals surface area contributed by atoms with Crippen molar-refractivity contribution in [1.82, 2.24) is 4.98 Å². The third-order valence-corrected chi connectivity index (χ3v) is 4.49. The van der Waals surface area contributed by atoms with Crippen LogP contribution in [0.5, 0.6) is 11.5 Å². The Morgan fingerprint density at radius 1 is 1.08 bits per heavy atom. The lowest BCUT2D eigenvalue weighted by Crippen LogP contribution is -2.01. The van der Waals surface area contributed by atoms with Gasteiger partial charge in [0, 0.05) is 16.0 Å². The topological polar surface area (TPSA) is 68.7 Å². The van der Waals surface area contributed by atoms with Gasteiger partial charge in [0.2, 0.25) is 0 Å². The largest absolute Gasteiger partial charge is 0.493 e. The molecule has 25 heavy (non-hydrogen) atoms. The summed E-state index contributed by atoms with van der Waals surface area (Å²) in [6, 6.07) is 10.2. The van der Waals surface area contributed by atoms with Crippen LogP contribution in [0.4, 0.5) is 0 Å². The highest BCUT2D eigenvalue weighted by Gasteiger charge is 2.16. The number of hydrogen-bond donors (Lipinski definition) is 1. The second-order valence-corrected chi connectivity index (χ2v) is 5.91. The number of aromatic nitrogens is 1. The van der Waals surface area contributed by atoms with Crippen LogP contribution in [0.25, 0.3) is 22.2 Å². The minimum absolute atomic E-state index is 0.176. The molecule has 1 N–H and O–H groups in total. The number of nitrogens with zero attached hydrogens (tertiary/aromatic N) is 1. The highest BCUT2D eigenvalue weighted by molar-refractivity contribution is 6.32. The number of hydrogen-bond acceptors (Lipinski definition) is 4. The number of carboxylic acids is 1. The number of carbonyl (C=O) groups is 1. The second kappa shape index (κ2) is 6.61. The minimum Gasteiger partial charge on any atom is -0.493 e. The van der Waals surface area contributed by atoms with E-state index in [2.05, 4.69) is 4.98 Å². The molecule has 1 aromatic heterocycles. The Bertz CT molecular complexity index is 985. The van der Waals surface area contributed by atoms with E-state index in [1.54, 1.807) is 50.6 Å². The summed E-state index contributed by atoms with van der Waals surface area (Å²) in [6.45, 7) is 1.82. The summed E-state index contributed by atoms with van der Waals surface area (Å²) in [5.41, 5.74) is 2.73. The van der Waals surface area contributed by atoms with Gasteiger partial charge >= 0.3 is 5.97 Å². The lowest BCUT2D eigenvalue weighted by Gasteiger charge is -2.12. The smallest absolute Gasteiger partial charge is 0.336 e. The van der Waals surface area contributed by atoms with Crippen molar-refractivity contribution >= 4 is 28.5 Å². The maximum Gasteiger partial charge on any atom is 0.336 e. The fraction of sp³-hybridized carbons (Fsp3) is 0.158. The van der Waals surface area contributed by atoms with Gasteiger partial charge in [0.1, 0.15) is 0 Å². The number of carboxylic acid groups (broad SMARTS) is 1. The molecule has 2 aromatic carbocycles. The molecule has 0 fully saturated rings. The molecule has 5 nitrogen and oxygen atoms in total. The van der Waals surface area contributed by atoms with Gasteiger partial charge in [-0.05, 0) is 42.8 Å². The molecule has 0 radical (unpaired) electrons. The van der Waals surface area contributed by atoms with E-state index in [1.807, 2.05) is 6.92 Å². The van der Waals surface area contributed by atoms with E-state index in [0.717, 1.165) is 11.1 Å². The van der Waals surface area contributed by atoms with Gasteiger partial charge < -0.3 is 14.6 Å². The van der Waals surface area contributed by atoms with Crippen molar-refractivity contribution in [1.29, 1.82) is 0 Å². The zero-order valence-corrected chi connectivity index (χ0v) is 14.7. The summed E-state index contributed by atoms with van der Waals surface area (Å²) in [5.74, 6) is 0.113. The highest BCUT2D eigenvalue weighted by atomic mass is 35.5. The predicted molar refractivity (Wildman–Crippen MR) is 97.0 cm³/mol. The van der Waals surface area contributed by atoms with Gasteiger partial charge in [-0.15, -0.1) is 0 Å². The molecular formula is C19H16ClNO4. The molecule has 0 aliphatic heterocycles. The molecule has 0 saturated heterocycles. The molecule has 0 amide bonds. The number of halogens is 1. The van der Waals surface area contributed by atoms with Gasteiger partial charge in [0.05, 0.1) is 31.0 Å². The molecular weight excluding hydrogens is 342 g/mol. The summed E-state index contributed by atoms with van der Waals surface area (Å²) in [4.78, 5) is 16.3. The van der Waals surface area contributed by atoms with Crippen LogP contribution >= 0.6 is 11.6 Å². The Hall–Kier alpha value is -2.79. The zero-order valence-electron chi connectivity index (χ0n) is 14.0. The Morgan fingerprint density at radius 2 is 1.80 bits per heavy atom. The van der Waals surface area contributed by atoms with Gasteiger partial charge in [-0.3, -0.25) is 0 Å². The Labute approximate surface area is 149 Å². The first-order chi connectivity index (χ1) is 12.0. The van der Waals surface area contributed by atoms with Gasteiger partial charge in [0.25, 0.3) is 0 Å². The molecule has 6 heteroatoms. The van der Waals surface area contributed by atoms with E-state index in [0.29, 0.717) is 33.1 Å². The molecule has 128 valence electrons. The Morgan fingerprint density at radius 3 is 2.44 bits per heavy atom. The lowest BCUT2D eigenvalue weighted by molar-refractivity contribution is 0.0699. The Balaban J connectivity index is 2.30. The first-order valence-corrected chi connectivity index (χ1v) is 7.89. The van der Waals surface area contributed by atoms with Gasteiger partial charge in [-0.2, -0.15) is 0 Å². The lowest BCUT2D eigenvalue weighted by atomic mass is 10.0. The molecule has 0 aliphatic carbocycles. The fourth-order valence-corrected chi connectivity index (χ4v) is 2.88. The minimum atomic E-state index is -1.02. The number of methoxy groups -OCH3 is 2. The maximum absolute atomic E-state index is 11.7. The van der Waals surface area contributed by atoms with Gasteiger partial charge in [0.15, 0.2) is 11.5 Å². The van der Waals surface area contributed by atoms with Crippen LogP contribution in [0, 0.1) is 6.92 Å². The summed E-state index contributed by atoms with van der Waals surface area (Å²) < 4.78 is 10.6. The molecule has 3 rings (SSSR count). The number of ether oxygens (including phenoxy) is 2. The first kappa shape index (κ1) is 17.0. The van der Waals surface area contributed by atoms with Crippen molar-refractivity contribution in [2.24, 2.45) is 0 Å². The van der Waals surface area contributed by atoms with E-state index in [4.69, 9.17) is 21.1 Å². The van der Waals surface area contributed by atoms with Crippen LogP contribution in [0.2, 0.25) is 5.02 Å². The maximum atomic E-state index is 11.7. The van der Waals surface area contributed by atoms with Crippen molar-refractivity contribution in [3.63, 3.8) is 0 Å². The molecule has 0 aliphatic rings. The molecule has 0 unspecified atom stereocenters. The van der Waals surface area contributed by atoms with Crippen molar-refractivity contribution in [3.8, 4) is 22.8 Å². The van der Waals surface area contributed by atoms with Gasteiger partial charge in [-0.1, -0.05) is 17.7 Å². The van der Waals surface area contributed by atoms with E-state index >= 15 is 0 Å². The predicted octanol–water partition coefficient (Wildman–Crippen LogP) is 4.58. The van der Waals surface area contributed by atoms with Crippen LogP contribution in [0.3, 0.4) is 0 Å². The number of pyridine rings is 1. The monoisotopic (exact) mass is 357 g/mol. The molecule has 0 spiro atoms. The number of fused-ring (bicyclic) bond motifs is 1. The SMILES string of the molecule is COc1ccc(-c2cc(C(=O)O)c3ccc(Cl)c(C)c3n2)cc1OC. The summed E-state index contributed by atoms with van der Waals surface area (Å²) in [6.07, 6.45) is 0. The third-order valence-electron chi connectivity index (χ3n) is 4.08. The van der Waals surface area contributed by atoms with Crippen molar-refractivity contribution in [2.75, 3.05) is 14.2 Å². The number of rotatable bonds is 4. The first-order valence-electron chi connectivity index (χ1n) is 7.51. The van der Waals surface area contributed by atoms with Crippen molar-refractivity contribution < 1.29 is 19.4 Å². The van der Waals surface area contributed by atoms with Crippen LogP contribution < -0.4 is 9.47 Å². The van der Waals surface area contributed by atoms with E-state index in [-0.39, 0.29) is 5.56 Å². The molecule has 0 saturated carbocycles. The molecule has 1 heterocycles. The normalized spacial score (nSPS) is 10.7. The molecule has 0 bridgehead atoms. The number of benzene rings is 2. The summed E-state index contributed by atoms with van der Waals surface area (Å²) >= 11 is 6.18. The van der Waals surface area contributed by atoms with Crippen LogP contribution in [0.1, 0.15) is 15.9 Å². The van der Waals surface area contributed by atoms with E-state index in [1.165, 1.54) is 0 Å².